The molecule has 0 bridgehead atoms. The van der Waals surface area contributed by atoms with Gasteiger partial charge in [-0.1, -0.05) is 45.5 Å². The van der Waals surface area contributed by atoms with E-state index in [1.807, 2.05) is 0 Å². The summed E-state index contributed by atoms with van der Waals surface area (Å²) in [5.74, 6) is 0.416. The van der Waals surface area contributed by atoms with Gasteiger partial charge in [0.2, 0.25) is 5.69 Å². The van der Waals surface area contributed by atoms with Crippen LogP contribution in [0.3, 0.4) is 0 Å². The number of hydrogen-bond donors (Lipinski definition) is 2. The van der Waals surface area contributed by atoms with Gasteiger partial charge < -0.3 is 9.79 Å². The van der Waals surface area contributed by atoms with Gasteiger partial charge in [0.15, 0.2) is 0 Å². The zero-order valence-corrected chi connectivity index (χ0v) is 15.6. The maximum atomic E-state index is 9.40. The molecule has 88 valence electrons. The fraction of sp³-hybridized carbons (Fsp3) is 1.00. The van der Waals surface area contributed by atoms with Crippen LogP contribution in [-0.2, 0) is 31.3 Å². The van der Waals surface area contributed by atoms with E-state index in [1.54, 1.807) is 0 Å². The molecule has 0 saturated heterocycles. The van der Waals surface area contributed by atoms with Crippen LogP contribution >= 0.6 is 17.1 Å². The van der Waals surface area contributed by atoms with Crippen LogP contribution in [-0.4, -0.2) is 14.5 Å². The van der Waals surface area contributed by atoms with Gasteiger partial charge in [-0.25, -0.2) is 0 Å². The van der Waals surface area contributed by atoms with Crippen molar-refractivity contribution in [3.63, 3.8) is 0 Å². The van der Waals surface area contributed by atoms with Gasteiger partial charge in [-0.2, -0.15) is 0 Å². The summed E-state index contributed by atoms with van der Waals surface area (Å²) in [6.07, 6.45) is 2.97. The molecule has 0 aliphatic carbocycles. The quantitative estimate of drug-likeness (QED) is 0.580. The molecular formula is C9H21O2PS2Zn. The Morgan fingerprint density at radius 1 is 1.33 bits per heavy atom. The second-order valence-corrected chi connectivity index (χ2v) is 10.2. The monoisotopic (exact) mass is 320 g/mol. The Hall–Kier alpha value is 1.54. The Bertz CT molecular complexity index is 220. The van der Waals surface area contributed by atoms with E-state index < -0.39 is 5.69 Å². The minimum absolute atomic E-state index is 0. The molecule has 0 aromatic rings. The van der Waals surface area contributed by atoms with E-state index in [2.05, 4.69) is 27.7 Å². The normalized spacial score (nSPS) is 15.9. The zero-order chi connectivity index (χ0) is 11.4. The van der Waals surface area contributed by atoms with Gasteiger partial charge in [0.1, 0.15) is 0 Å². The molecule has 2 N–H and O–H groups in total. The van der Waals surface area contributed by atoms with Gasteiger partial charge in [-0.05, 0) is 30.6 Å². The third-order valence-electron chi connectivity index (χ3n) is 2.62. The first kappa shape index (κ1) is 18.9. The van der Waals surface area contributed by atoms with Crippen molar-refractivity contribution in [3.8, 4) is 0 Å². The molecule has 0 amide bonds. The summed E-state index contributed by atoms with van der Waals surface area (Å²) in [6.45, 7) is 8.45. The van der Waals surface area contributed by atoms with E-state index in [4.69, 9.17) is 11.8 Å². The van der Waals surface area contributed by atoms with Gasteiger partial charge in [0.05, 0.1) is 0 Å². The molecule has 15 heavy (non-hydrogen) atoms. The second-order valence-electron chi connectivity index (χ2n) is 3.90. The Morgan fingerprint density at radius 2 is 1.80 bits per heavy atom. The maximum absolute atomic E-state index is 9.40. The van der Waals surface area contributed by atoms with Crippen molar-refractivity contribution < 1.29 is 29.3 Å². The van der Waals surface area contributed by atoms with Gasteiger partial charge >= 0.3 is 0 Å². The fourth-order valence-corrected chi connectivity index (χ4v) is 6.91. The van der Waals surface area contributed by atoms with Crippen LogP contribution in [0.1, 0.15) is 47.0 Å². The minimum Gasteiger partial charge on any atom is -0.338 e. The average Bonchev–Trinajstić information content (AvgIpc) is 2.00. The van der Waals surface area contributed by atoms with Crippen molar-refractivity contribution in [2.75, 3.05) is 0 Å². The van der Waals surface area contributed by atoms with Gasteiger partial charge in [0.25, 0.3) is 0 Å². The molecular weight excluding hydrogens is 301 g/mol. The number of hydrogen-bond acceptors (Lipinski definition) is 2. The molecule has 1 unspecified atom stereocenters. The van der Waals surface area contributed by atoms with Crippen molar-refractivity contribution in [2.45, 2.75) is 51.7 Å². The molecule has 0 aromatic carbocycles. The van der Waals surface area contributed by atoms with Crippen LogP contribution in [0.4, 0.5) is 0 Å². The van der Waals surface area contributed by atoms with E-state index in [0.717, 1.165) is 19.3 Å². The van der Waals surface area contributed by atoms with E-state index in [-0.39, 0.29) is 24.2 Å². The summed E-state index contributed by atoms with van der Waals surface area (Å²) in [5, 5.41) is 0. The first-order valence-corrected chi connectivity index (χ1v) is 9.16. The fourth-order valence-electron chi connectivity index (χ4n) is 1.75. The predicted molar refractivity (Wildman–Crippen MR) is 69.1 cm³/mol. The van der Waals surface area contributed by atoms with Crippen LogP contribution in [0.2, 0.25) is 0 Å². The SMILES string of the molecule is CCCC(CC)(SP(O)(O)=S)C(C)C.[Zn]. The van der Waals surface area contributed by atoms with Crippen molar-refractivity contribution in [2.24, 2.45) is 5.92 Å². The van der Waals surface area contributed by atoms with Gasteiger partial charge in [0, 0.05) is 24.2 Å². The summed E-state index contributed by atoms with van der Waals surface area (Å²) in [4.78, 5) is 18.8. The van der Waals surface area contributed by atoms with E-state index in [0.29, 0.717) is 5.92 Å². The third-order valence-corrected chi connectivity index (χ3v) is 6.67. The Morgan fingerprint density at radius 3 is 2.00 bits per heavy atom. The Kier molecular flexibility index (Phi) is 9.81. The first-order valence-electron chi connectivity index (χ1n) is 5.03. The topological polar surface area (TPSA) is 40.5 Å². The summed E-state index contributed by atoms with van der Waals surface area (Å²) >= 11 is 5.94. The molecule has 0 saturated carbocycles. The predicted octanol–water partition coefficient (Wildman–Crippen LogP) is 3.53. The summed E-state index contributed by atoms with van der Waals surface area (Å²) < 4.78 is -0.0617. The maximum Gasteiger partial charge on any atom is 0.242 e. The van der Waals surface area contributed by atoms with Crippen molar-refractivity contribution in [1.29, 1.82) is 0 Å². The molecule has 2 nitrogen and oxygen atoms in total. The molecule has 0 aliphatic rings. The Labute approximate surface area is 115 Å². The van der Waals surface area contributed by atoms with Gasteiger partial charge in [-0.3, -0.25) is 0 Å². The van der Waals surface area contributed by atoms with Crippen molar-refractivity contribution in [3.05, 3.63) is 0 Å². The molecule has 0 heterocycles. The van der Waals surface area contributed by atoms with Crippen molar-refractivity contribution in [1.82, 2.24) is 0 Å². The molecule has 0 rings (SSSR count). The largest absolute Gasteiger partial charge is 0.338 e. The summed E-state index contributed by atoms with van der Waals surface area (Å²) in [7, 11) is 0. The van der Waals surface area contributed by atoms with Crippen LogP contribution in [0, 0.1) is 5.92 Å². The molecule has 1 atom stereocenters. The molecule has 0 aromatic heterocycles. The Balaban J connectivity index is 0. The van der Waals surface area contributed by atoms with E-state index >= 15 is 0 Å². The van der Waals surface area contributed by atoms with Gasteiger partial charge in [-0.15, -0.1) is 0 Å². The average molecular weight is 322 g/mol. The standard InChI is InChI=1S/C9H21O2PS2.Zn/c1-5-7-9(6-2,8(3)4)14-12(10,11)13;/h8H,5-7H2,1-4H3,(H2,10,11,13);. The molecule has 0 aliphatic heterocycles. The van der Waals surface area contributed by atoms with Crippen LogP contribution in [0.25, 0.3) is 0 Å². The zero-order valence-electron chi connectivity index (χ0n) is 10.1. The molecule has 6 heteroatoms. The van der Waals surface area contributed by atoms with Crippen LogP contribution in [0.15, 0.2) is 0 Å². The van der Waals surface area contributed by atoms with E-state index in [1.165, 1.54) is 11.4 Å². The minimum atomic E-state index is -3.14. The molecule has 0 fully saturated rings. The van der Waals surface area contributed by atoms with E-state index in [9.17, 15) is 9.79 Å². The molecule has 0 spiro atoms. The van der Waals surface area contributed by atoms with Crippen molar-refractivity contribution >= 4 is 28.9 Å². The summed E-state index contributed by atoms with van der Waals surface area (Å²) in [6, 6.07) is 0. The summed E-state index contributed by atoms with van der Waals surface area (Å²) in [5.41, 5.74) is -3.14. The first-order chi connectivity index (χ1) is 6.27. The second kappa shape index (κ2) is 7.79. The third kappa shape index (κ3) is 6.76. The van der Waals surface area contributed by atoms with Crippen LogP contribution < -0.4 is 0 Å². The smallest absolute Gasteiger partial charge is 0.242 e. The number of rotatable bonds is 6. The molecule has 0 radical (unpaired) electrons. The van der Waals surface area contributed by atoms with Crippen LogP contribution in [0.5, 0.6) is 0 Å².